The largest absolute Gasteiger partial charge is 0.372 e. The Morgan fingerprint density at radius 3 is 2.60 bits per heavy atom. The highest BCUT2D eigenvalue weighted by Crippen LogP contribution is 2.22. The number of hydrogen-bond acceptors (Lipinski definition) is 2. The Balaban J connectivity index is 2.12. The minimum absolute atomic E-state index is 0.0315. The number of rotatable bonds is 2. The Kier molecular flexibility index (Phi) is 4.65. The van der Waals surface area contributed by atoms with Crippen molar-refractivity contribution in [2.45, 2.75) is 46.3 Å². The third-order valence-electron chi connectivity index (χ3n) is 3.68. The van der Waals surface area contributed by atoms with Gasteiger partial charge in [0.2, 0.25) is 0 Å². The monoisotopic (exact) mass is 276 g/mol. The van der Waals surface area contributed by atoms with Crippen LogP contribution in [0.1, 0.15) is 31.9 Å². The molecule has 0 radical (unpaired) electrons. The first-order valence-electron chi connectivity index (χ1n) is 7.31. The number of aryl methyl sites for hydroxylation is 2. The molecular formula is C16H24N2O2. The van der Waals surface area contributed by atoms with Crippen molar-refractivity contribution in [1.29, 1.82) is 0 Å². The van der Waals surface area contributed by atoms with Gasteiger partial charge in [0, 0.05) is 18.8 Å². The van der Waals surface area contributed by atoms with E-state index in [1.807, 2.05) is 37.8 Å². The van der Waals surface area contributed by atoms with Crippen LogP contribution in [0.5, 0.6) is 0 Å². The summed E-state index contributed by atoms with van der Waals surface area (Å²) in [5, 5.41) is 3.07. The lowest BCUT2D eigenvalue weighted by atomic mass is 10.1. The third kappa shape index (κ3) is 3.31. The quantitative estimate of drug-likeness (QED) is 0.901. The van der Waals surface area contributed by atoms with E-state index in [9.17, 15) is 4.79 Å². The summed E-state index contributed by atoms with van der Waals surface area (Å²) in [6, 6.07) is 6.09. The summed E-state index contributed by atoms with van der Waals surface area (Å²) in [6.07, 6.45) is 1.09. The number of urea groups is 1. The zero-order valence-electron chi connectivity index (χ0n) is 12.8. The van der Waals surface area contributed by atoms with E-state index < -0.39 is 0 Å². The number of hydrogen-bond donors (Lipinski definition) is 1. The molecule has 2 amide bonds. The minimum atomic E-state index is -0.0315. The second-order valence-corrected chi connectivity index (χ2v) is 5.56. The molecule has 0 saturated carbocycles. The summed E-state index contributed by atoms with van der Waals surface area (Å²) in [6.45, 7) is 9.41. The van der Waals surface area contributed by atoms with E-state index in [0.717, 1.165) is 17.7 Å². The van der Waals surface area contributed by atoms with Gasteiger partial charge in [-0.3, -0.25) is 0 Å². The molecule has 0 aliphatic carbocycles. The second-order valence-electron chi connectivity index (χ2n) is 5.56. The Morgan fingerprint density at radius 2 is 2.00 bits per heavy atom. The predicted octanol–water partition coefficient (Wildman–Crippen LogP) is 3.20. The second kappa shape index (κ2) is 6.27. The molecule has 2 rings (SSSR count). The van der Waals surface area contributed by atoms with Gasteiger partial charge >= 0.3 is 6.03 Å². The van der Waals surface area contributed by atoms with Crippen LogP contribution in [-0.2, 0) is 11.2 Å². The topological polar surface area (TPSA) is 41.6 Å². The third-order valence-corrected chi connectivity index (χ3v) is 3.68. The van der Waals surface area contributed by atoms with Gasteiger partial charge in [-0.1, -0.05) is 25.1 Å². The fourth-order valence-corrected chi connectivity index (χ4v) is 2.73. The minimum Gasteiger partial charge on any atom is -0.372 e. The molecule has 0 spiro atoms. The number of ether oxygens (including phenoxy) is 1. The smallest absolute Gasteiger partial charge is 0.322 e. The molecule has 1 N–H and O–H groups in total. The van der Waals surface area contributed by atoms with E-state index in [-0.39, 0.29) is 18.2 Å². The summed E-state index contributed by atoms with van der Waals surface area (Å²) >= 11 is 0. The summed E-state index contributed by atoms with van der Waals surface area (Å²) in [5.74, 6) is 0. The zero-order chi connectivity index (χ0) is 14.7. The Bertz CT molecular complexity index is 477. The fourth-order valence-electron chi connectivity index (χ4n) is 2.73. The van der Waals surface area contributed by atoms with E-state index in [1.54, 1.807) is 0 Å². The molecule has 110 valence electrons. The van der Waals surface area contributed by atoms with Crippen LogP contribution in [0.3, 0.4) is 0 Å². The first kappa shape index (κ1) is 14.9. The van der Waals surface area contributed by atoms with Crippen LogP contribution >= 0.6 is 0 Å². The number of morpholine rings is 1. The number of carbonyl (C=O) groups excluding carboxylic acids is 1. The molecule has 1 saturated heterocycles. The van der Waals surface area contributed by atoms with Crippen molar-refractivity contribution in [2.75, 3.05) is 18.4 Å². The molecule has 2 atom stereocenters. The van der Waals surface area contributed by atoms with Crippen molar-refractivity contribution in [1.82, 2.24) is 4.90 Å². The highest BCUT2D eigenvalue weighted by Gasteiger charge is 2.26. The molecule has 1 aliphatic heterocycles. The Labute approximate surface area is 121 Å². The molecule has 20 heavy (non-hydrogen) atoms. The average Bonchev–Trinajstić information content (AvgIpc) is 2.39. The molecule has 4 heteroatoms. The highest BCUT2D eigenvalue weighted by molar-refractivity contribution is 5.91. The van der Waals surface area contributed by atoms with E-state index in [2.05, 4.69) is 18.3 Å². The Hall–Kier alpha value is -1.55. The number of anilines is 1. The summed E-state index contributed by atoms with van der Waals surface area (Å²) in [5.41, 5.74) is 3.23. The van der Waals surface area contributed by atoms with Gasteiger partial charge in [-0.05, 0) is 38.3 Å². The average molecular weight is 276 g/mol. The van der Waals surface area contributed by atoms with Crippen LogP contribution in [0.4, 0.5) is 10.5 Å². The van der Waals surface area contributed by atoms with Gasteiger partial charge in [-0.15, -0.1) is 0 Å². The lowest BCUT2D eigenvalue weighted by Crippen LogP contribution is -2.49. The number of nitrogens with zero attached hydrogens (tertiary/aromatic N) is 1. The number of amides is 2. The normalized spacial score (nSPS) is 22.7. The molecule has 0 bridgehead atoms. The van der Waals surface area contributed by atoms with Crippen molar-refractivity contribution in [3.05, 3.63) is 29.3 Å². The summed E-state index contributed by atoms with van der Waals surface area (Å²) in [4.78, 5) is 14.3. The standard InChI is InChI=1S/C16H24N2O2/c1-5-14-8-6-7-11(2)15(14)17-16(19)18-9-12(3)20-13(4)10-18/h6-8,12-13H,5,9-10H2,1-4H3,(H,17,19)/t12-,13+. The lowest BCUT2D eigenvalue weighted by molar-refractivity contribution is -0.0530. The van der Waals surface area contributed by atoms with E-state index >= 15 is 0 Å². The number of nitrogens with one attached hydrogen (secondary N) is 1. The van der Waals surface area contributed by atoms with Crippen LogP contribution in [0, 0.1) is 6.92 Å². The van der Waals surface area contributed by atoms with Crippen LogP contribution < -0.4 is 5.32 Å². The number of para-hydroxylation sites is 1. The molecule has 4 nitrogen and oxygen atoms in total. The van der Waals surface area contributed by atoms with Crippen molar-refractivity contribution in [2.24, 2.45) is 0 Å². The van der Waals surface area contributed by atoms with Crippen LogP contribution in [0.25, 0.3) is 0 Å². The summed E-state index contributed by atoms with van der Waals surface area (Å²) < 4.78 is 5.66. The van der Waals surface area contributed by atoms with Crippen LogP contribution in [-0.4, -0.2) is 36.2 Å². The molecule has 1 aromatic carbocycles. The Morgan fingerprint density at radius 1 is 1.35 bits per heavy atom. The van der Waals surface area contributed by atoms with E-state index in [1.165, 1.54) is 5.56 Å². The molecule has 0 unspecified atom stereocenters. The highest BCUT2D eigenvalue weighted by atomic mass is 16.5. The van der Waals surface area contributed by atoms with Gasteiger partial charge in [-0.25, -0.2) is 4.79 Å². The van der Waals surface area contributed by atoms with Gasteiger partial charge in [0.1, 0.15) is 0 Å². The first-order valence-corrected chi connectivity index (χ1v) is 7.31. The van der Waals surface area contributed by atoms with Crippen molar-refractivity contribution < 1.29 is 9.53 Å². The van der Waals surface area contributed by atoms with Gasteiger partial charge in [0.25, 0.3) is 0 Å². The maximum Gasteiger partial charge on any atom is 0.322 e. The maximum atomic E-state index is 12.4. The van der Waals surface area contributed by atoms with E-state index in [0.29, 0.717) is 13.1 Å². The number of benzene rings is 1. The van der Waals surface area contributed by atoms with Crippen molar-refractivity contribution >= 4 is 11.7 Å². The summed E-state index contributed by atoms with van der Waals surface area (Å²) in [7, 11) is 0. The molecular weight excluding hydrogens is 252 g/mol. The van der Waals surface area contributed by atoms with Crippen LogP contribution in [0.15, 0.2) is 18.2 Å². The SMILES string of the molecule is CCc1cccc(C)c1NC(=O)N1C[C@@H](C)O[C@@H](C)C1. The molecule has 1 aliphatic rings. The van der Waals surface area contributed by atoms with Crippen LogP contribution in [0.2, 0.25) is 0 Å². The molecule has 1 aromatic rings. The van der Waals surface area contributed by atoms with E-state index in [4.69, 9.17) is 4.74 Å². The van der Waals surface area contributed by atoms with Gasteiger partial charge in [-0.2, -0.15) is 0 Å². The molecule has 1 heterocycles. The van der Waals surface area contributed by atoms with Gasteiger partial charge in [0.15, 0.2) is 0 Å². The number of carbonyl (C=O) groups is 1. The molecule has 0 aromatic heterocycles. The van der Waals surface area contributed by atoms with Gasteiger partial charge < -0.3 is 15.0 Å². The fraction of sp³-hybridized carbons (Fsp3) is 0.562. The first-order chi connectivity index (χ1) is 9.51. The van der Waals surface area contributed by atoms with Crippen molar-refractivity contribution in [3.63, 3.8) is 0 Å². The maximum absolute atomic E-state index is 12.4. The van der Waals surface area contributed by atoms with Gasteiger partial charge in [0.05, 0.1) is 12.2 Å². The lowest BCUT2D eigenvalue weighted by Gasteiger charge is -2.35. The predicted molar refractivity (Wildman–Crippen MR) is 81.2 cm³/mol. The zero-order valence-corrected chi connectivity index (χ0v) is 12.8. The van der Waals surface area contributed by atoms with Crippen molar-refractivity contribution in [3.8, 4) is 0 Å². The molecule has 1 fully saturated rings.